The predicted molar refractivity (Wildman–Crippen MR) is 45.2 cm³/mol. The van der Waals surface area contributed by atoms with Crippen LogP contribution in [0.3, 0.4) is 0 Å². The first-order valence-electron chi connectivity index (χ1n) is 3.44. The first-order chi connectivity index (χ1) is 5.75. The Morgan fingerprint density at radius 1 is 0.833 bits per heavy atom. The van der Waals surface area contributed by atoms with Gasteiger partial charge < -0.3 is 20.3 Å². The average molecular weight is 164 g/mol. The van der Waals surface area contributed by atoms with Gasteiger partial charge in [0.05, 0.1) is 11.4 Å². The zero-order valence-corrected chi connectivity index (χ0v) is 6.28. The van der Waals surface area contributed by atoms with E-state index in [0.29, 0.717) is 22.9 Å². The summed E-state index contributed by atoms with van der Waals surface area (Å²) in [6.07, 6.45) is 2.90. The van der Waals surface area contributed by atoms with Gasteiger partial charge in [0, 0.05) is 12.1 Å². The lowest BCUT2D eigenvalue weighted by atomic mass is 10.3. The third-order valence-corrected chi connectivity index (χ3v) is 1.48. The minimum atomic E-state index is 0.569. The van der Waals surface area contributed by atoms with E-state index in [2.05, 4.69) is 0 Å². The zero-order valence-electron chi connectivity index (χ0n) is 6.28. The number of hydrogen-bond donors (Lipinski definition) is 2. The molecule has 0 aliphatic carbocycles. The molecular weight excluding hydrogens is 156 g/mol. The molecule has 4 heteroatoms. The van der Waals surface area contributed by atoms with Crippen LogP contribution in [0.1, 0.15) is 0 Å². The molecule has 0 aromatic carbocycles. The van der Waals surface area contributed by atoms with Crippen LogP contribution in [0, 0.1) is 0 Å². The Hall–Kier alpha value is -1.84. The van der Waals surface area contributed by atoms with Gasteiger partial charge in [-0.3, -0.25) is 0 Å². The molecular formula is C8H8N2O2. The average Bonchev–Trinajstić information content (AvgIpc) is 2.58. The molecule has 0 radical (unpaired) electrons. The second kappa shape index (κ2) is 2.34. The minimum Gasteiger partial charge on any atom is -0.459 e. The van der Waals surface area contributed by atoms with E-state index in [4.69, 9.17) is 20.3 Å². The molecule has 0 saturated carbocycles. The topological polar surface area (TPSA) is 78.3 Å². The van der Waals surface area contributed by atoms with Crippen molar-refractivity contribution in [2.24, 2.45) is 0 Å². The van der Waals surface area contributed by atoms with E-state index >= 15 is 0 Å². The maximum atomic E-state index is 5.46. The maximum Gasteiger partial charge on any atom is 0.171 e. The fourth-order valence-electron chi connectivity index (χ4n) is 0.960. The molecule has 0 spiro atoms. The zero-order chi connectivity index (χ0) is 8.55. The molecule has 2 heterocycles. The van der Waals surface area contributed by atoms with Crippen molar-refractivity contribution >= 4 is 11.4 Å². The third kappa shape index (κ3) is 1.03. The van der Waals surface area contributed by atoms with Crippen LogP contribution >= 0.6 is 0 Å². The molecule has 4 N–H and O–H groups in total. The molecule has 2 aromatic rings. The monoisotopic (exact) mass is 164 g/mol. The van der Waals surface area contributed by atoms with Crippen LogP contribution in [0.4, 0.5) is 11.4 Å². The van der Waals surface area contributed by atoms with Crippen molar-refractivity contribution in [1.29, 1.82) is 0 Å². The molecule has 0 bridgehead atoms. The summed E-state index contributed by atoms with van der Waals surface area (Å²) in [7, 11) is 0. The lowest BCUT2D eigenvalue weighted by Gasteiger charge is -1.84. The van der Waals surface area contributed by atoms with Crippen LogP contribution in [0.5, 0.6) is 0 Å². The van der Waals surface area contributed by atoms with E-state index in [0.717, 1.165) is 0 Å². The van der Waals surface area contributed by atoms with Gasteiger partial charge in [-0.05, 0) is 0 Å². The summed E-state index contributed by atoms with van der Waals surface area (Å²) in [6.45, 7) is 0. The van der Waals surface area contributed by atoms with Crippen molar-refractivity contribution < 1.29 is 8.83 Å². The SMILES string of the molecule is Nc1coc(-c2cc(N)co2)c1. The summed E-state index contributed by atoms with van der Waals surface area (Å²) in [4.78, 5) is 0. The number of anilines is 2. The van der Waals surface area contributed by atoms with Crippen molar-refractivity contribution in [2.75, 3.05) is 11.5 Å². The Kier molecular flexibility index (Phi) is 1.33. The molecule has 0 unspecified atom stereocenters. The first kappa shape index (κ1) is 6.84. The smallest absolute Gasteiger partial charge is 0.171 e. The first-order valence-corrected chi connectivity index (χ1v) is 3.44. The summed E-state index contributed by atoms with van der Waals surface area (Å²) < 4.78 is 10.2. The van der Waals surface area contributed by atoms with Crippen LogP contribution < -0.4 is 11.5 Å². The summed E-state index contributed by atoms with van der Waals surface area (Å²) in [5.41, 5.74) is 12.1. The summed E-state index contributed by atoms with van der Waals surface area (Å²) in [5.74, 6) is 1.17. The Bertz CT molecular complexity index is 351. The number of nitrogens with two attached hydrogens (primary N) is 2. The fraction of sp³-hybridized carbons (Fsp3) is 0. The van der Waals surface area contributed by atoms with Gasteiger partial charge in [0.25, 0.3) is 0 Å². The molecule has 0 atom stereocenters. The highest BCUT2D eigenvalue weighted by atomic mass is 16.4. The Morgan fingerprint density at radius 2 is 1.25 bits per heavy atom. The highest BCUT2D eigenvalue weighted by Crippen LogP contribution is 2.25. The lowest BCUT2D eigenvalue weighted by Crippen LogP contribution is -1.77. The van der Waals surface area contributed by atoms with Crippen molar-refractivity contribution in [2.45, 2.75) is 0 Å². The van der Waals surface area contributed by atoms with Gasteiger partial charge in [-0.15, -0.1) is 0 Å². The third-order valence-electron chi connectivity index (χ3n) is 1.48. The summed E-state index contributed by atoms with van der Waals surface area (Å²) >= 11 is 0. The van der Waals surface area contributed by atoms with Crippen molar-refractivity contribution in [3.63, 3.8) is 0 Å². The molecule has 0 aliphatic rings. The van der Waals surface area contributed by atoms with Crippen LogP contribution in [0.25, 0.3) is 11.5 Å². The van der Waals surface area contributed by atoms with E-state index in [-0.39, 0.29) is 0 Å². The Labute approximate surface area is 68.8 Å². The maximum absolute atomic E-state index is 5.46. The van der Waals surface area contributed by atoms with Gasteiger partial charge >= 0.3 is 0 Å². The summed E-state index contributed by atoms with van der Waals surface area (Å²) in [5, 5.41) is 0. The Balaban J connectivity index is 2.43. The van der Waals surface area contributed by atoms with E-state index in [1.54, 1.807) is 12.1 Å². The number of rotatable bonds is 1. The molecule has 2 rings (SSSR count). The van der Waals surface area contributed by atoms with Gasteiger partial charge in [0.15, 0.2) is 11.5 Å². The highest BCUT2D eigenvalue weighted by molar-refractivity contribution is 5.60. The van der Waals surface area contributed by atoms with Crippen LogP contribution in [0.15, 0.2) is 33.5 Å². The number of furan rings is 2. The van der Waals surface area contributed by atoms with Gasteiger partial charge in [-0.2, -0.15) is 0 Å². The van der Waals surface area contributed by atoms with E-state index < -0.39 is 0 Å². The largest absolute Gasteiger partial charge is 0.459 e. The van der Waals surface area contributed by atoms with E-state index in [9.17, 15) is 0 Å². The molecule has 62 valence electrons. The normalized spacial score (nSPS) is 10.3. The molecule has 0 amide bonds. The molecule has 4 nitrogen and oxygen atoms in total. The molecule has 2 aromatic heterocycles. The van der Waals surface area contributed by atoms with Gasteiger partial charge in [0.2, 0.25) is 0 Å². The van der Waals surface area contributed by atoms with Crippen LogP contribution in [-0.2, 0) is 0 Å². The Morgan fingerprint density at radius 3 is 1.50 bits per heavy atom. The standard InChI is InChI=1S/C8H8N2O2/c9-5-1-7(11-3-5)8-2-6(10)4-12-8/h1-4H,9-10H2. The molecule has 0 aliphatic heterocycles. The van der Waals surface area contributed by atoms with Crippen LogP contribution in [0.2, 0.25) is 0 Å². The van der Waals surface area contributed by atoms with Crippen molar-refractivity contribution in [3.8, 4) is 11.5 Å². The fourth-order valence-corrected chi connectivity index (χ4v) is 0.960. The second-order valence-electron chi connectivity index (χ2n) is 2.49. The predicted octanol–water partition coefficient (Wildman–Crippen LogP) is 1.70. The van der Waals surface area contributed by atoms with Gasteiger partial charge in [-0.25, -0.2) is 0 Å². The second-order valence-corrected chi connectivity index (χ2v) is 2.49. The van der Waals surface area contributed by atoms with E-state index in [1.807, 2.05) is 0 Å². The molecule has 0 fully saturated rings. The molecule has 0 saturated heterocycles. The van der Waals surface area contributed by atoms with Crippen LogP contribution in [-0.4, -0.2) is 0 Å². The number of hydrogen-bond acceptors (Lipinski definition) is 4. The minimum absolute atomic E-state index is 0.569. The van der Waals surface area contributed by atoms with Crippen molar-refractivity contribution in [1.82, 2.24) is 0 Å². The number of nitrogen functional groups attached to an aromatic ring is 2. The molecule has 12 heavy (non-hydrogen) atoms. The summed E-state index contributed by atoms with van der Waals surface area (Å²) in [6, 6.07) is 3.36. The quantitative estimate of drug-likeness (QED) is 0.672. The van der Waals surface area contributed by atoms with Gasteiger partial charge in [-0.1, -0.05) is 0 Å². The highest BCUT2D eigenvalue weighted by Gasteiger charge is 2.06. The van der Waals surface area contributed by atoms with Crippen molar-refractivity contribution in [3.05, 3.63) is 24.7 Å². The lowest BCUT2D eigenvalue weighted by molar-refractivity contribution is 0.525. The van der Waals surface area contributed by atoms with E-state index in [1.165, 1.54) is 12.5 Å². The van der Waals surface area contributed by atoms with Gasteiger partial charge in [0.1, 0.15) is 12.5 Å².